The molecule has 1 heterocycles. The van der Waals surface area contributed by atoms with Gasteiger partial charge < -0.3 is 65.8 Å². The number of aliphatic hydroxyl groups is 2. The minimum atomic E-state index is -1.58. The van der Waals surface area contributed by atoms with Crippen molar-refractivity contribution in [2.45, 2.75) is 267 Å². The fraction of sp³-hybridized carbons (Fsp3) is 0.812. The highest BCUT2D eigenvalue weighted by atomic mass is 32.2. The van der Waals surface area contributed by atoms with E-state index in [1.54, 1.807) is 48.5 Å². The number of carbonyl (C=O) groups is 11. The van der Waals surface area contributed by atoms with Gasteiger partial charge in [0.1, 0.15) is 66.5 Å². The summed E-state index contributed by atoms with van der Waals surface area (Å²) in [6.07, 6.45) is 5.62. The third-order valence-corrected chi connectivity index (χ3v) is 18.7. The van der Waals surface area contributed by atoms with Crippen molar-refractivity contribution in [3.63, 3.8) is 0 Å². The monoisotopic (exact) mass is 1350 g/mol. The van der Waals surface area contributed by atoms with Gasteiger partial charge in [0.2, 0.25) is 65.0 Å². The number of nitrogens with one attached hydrogen (secondary N) is 4. The Labute approximate surface area is 568 Å². The summed E-state index contributed by atoms with van der Waals surface area (Å²) in [5.74, 6) is -8.67. The Kier molecular flexibility index (Phi) is 35.6. The second kappa shape index (κ2) is 38.8. The molecule has 1 saturated heterocycles. The molecule has 6 N–H and O–H groups in total. The van der Waals surface area contributed by atoms with Gasteiger partial charge in [-0.2, -0.15) is 11.8 Å². The lowest BCUT2D eigenvalue weighted by atomic mass is 9.93. The van der Waals surface area contributed by atoms with Crippen LogP contribution in [0.1, 0.15) is 189 Å². The van der Waals surface area contributed by atoms with Gasteiger partial charge in [-0.3, -0.25) is 52.7 Å². The van der Waals surface area contributed by atoms with Crippen molar-refractivity contribution in [2.24, 2.45) is 35.5 Å². The van der Waals surface area contributed by atoms with Crippen LogP contribution >= 0.6 is 11.8 Å². The topological polar surface area (TPSA) is 299 Å². The Balaban J connectivity index is 4.53. The van der Waals surface area contributed by atoms with Crippen molar-refractivity contribution >= 4 is 76.7 Å². The summed E-state index contributed by atoms with van der Waals surface area (Å²) in [6, 6.07) is -13.6. The number of thioether (sulfide) groups is 1. The molecule has 0 aromatic heterocycles. The van der Waals surface area contributed by atoms with Crippen LogP contribution in [0.4, 0.5) is 0 Å². The number of rotatable bonds is 21. The smallest absolute Gasteiger partial charge is 0.246 e. The maximum Gasteiger partial charge on any atom is 0.246 e. The molecule has 0 bridgehead atoms. The summed E-state index contributed by atoms with van der Waals surface area (Å²) in [5, 5.41) is 33.1. The molecule has 0 aromatic rings. The van der Waals surface area contributed by atoms with Crippen molar-refractivity contribution < 1.29 is 63.0 Å². The quantitative estimate of drug-likeness (QED) is 0.0647. The van der Waals surface area contributed by atoms with Gasteiger partial charge in [0.25, 0.3) is 0 Å². The zero-order valence-corrected chi connectivity index (χ0v) is 63.0. The molecule has 1 unspecified atom stereocenters. The molecule has 0 saturated carbocycles. The Hall–Kier alpha value is -5.82. The van der Waals surface area contributed by atoms with Gasteiger partial charge >= 0.3 is 0 Å². The summed E-state index contributed by atoms with van der Waals surface area (Å²) in [6.45, 7) is 32.8. The summed E-state index contributed by atoms with van der Waals surface area (Å²) in [4.78, 5) is 173. The molecular formula is C69H125N11O13S. The molecule has 1 aliphatic rings. The van der Waals surface area contributed by atoms with Crippen LogP contribution in [0, 0.1) is 35.5 Å². The molecule has 0 aliphatic carbocycles. The third-order valence-electron chi connectivity index (χ3n) is 17.6. The SMILES string of the molecule is C/C=C/C[C@@H](C)C[C@H]1C(=O)N[C@@H](CC)C(=O)N(C)[C@H](CSCCCC(C)(C)O)C(=O)N(C)[C@@H](CC(C)(C)O)C(=O)N[C@H](C(C)C)C(=O)N(C)[C@H](CC(C)C)C(=O)NC(C)C(=O)N[C@@H](C)C(=O)N(C)[C@@H](CC(C)C)C(=O)N(C)[C@@H](CC(C)C)C(=O)N(C)[C@@H](C(C)C)C(=O)N1C. The Morgan fingerprint density at radius 2 is 0.883 bits per heavy atom. The summed E-state index contributed by atoms with van der Waals surface area (Å²) in [5.41, 5.74) is -2.56. The summed E-state index contributed by atoms with van der Waals surface area (Å²) >= 11 is 1.34. The van der Waals surface area contributed by atoms with Crippen LogP contribution in [0.2, 0.25) is 0 Å². The van der Waals surface area contributed by atoms with E-state index >= 15 is 28.8 Å². The fourth-order valence-corrected chi connectivity index (χ4v) is 12.8. The Morgan fingerprint density at radius 1 is 0.468 bits per heavy atom. The van der Waals surface area contributed by atoms with Crippen LogP contribution in [0.3, 0.4) is 0 Å². The lowest BCUT2D eigenvalue weighted by Crippen LogP contribution is -2.62. The number of hydrogen-bond acceptors (Lipinski definition) is 14. The first-order valence-electron chi connectivity index (χ1n) is 33.9. The zero-order chi connectivity index (χ0) is 72.9. The maximum absolute atomic E-state index is 15.3. The van der Waals surface area contributed by atoms with Gasteiger partial charge in [0.05, 0.1) is 11.2 Å². The minimum absolute atomic E-state index is 0.00412. The first-order chi connectivity index (χ1) is 43.2. The standard InChI is InChI=1S/C69H125N11O13S/c1-27-29-31-45(13)37-50-59(83)72-48(28-2)62(86)79(25)54(39-94-33-30-32-68(16,17)92)65(89)78(24)53(38-69(18,19)93)60(84)73-55(43(9)10)66(90)74(20)49(34-40(3)4)58(82)70-46(14)57(81)71-47(15)61(85)76(22)51(35-41(5)6)63(87)77(23)52(36-42(7)8)64(88)80(26)56(44(11)12)67(91)75(50)21/h27,29,40-56,92-93H,28,30-39H2,1-26H3,(H,70,82)(H,71,81)(H,72,83)(H,73,84)/b29-27+/t45-,46?,47+,48+,49-,50+,51+,52+,53+,54-,55-,56+/m1/s1. The van der Waals surface area contributed by atoms with E-state index in [9.17, 15) is 34.2 Å². The number of amides is 11. The van der Waals surface area contributed by atoms with Crippen LogP contribution in [-0.4, -0.2) is 248 Å². The normalized spacial score (nSPS) is 26.2. The largest absolute Gasteiger partial charge is 0.390 e. The van der Waals surface area contributed by atoms with Crippen molar-refractivity contribution in [3.8, 4) is 0 Å². The molecular weight excluding hydrogens is 1220 g/mol. The molecule has 0 spiro atoms. The number of likely N-dealkylation sites (N-methyl/N-ethyl adjacent to an activating group) is 7. The van der Waals surface area contributed by atoms with E-state index in [1.807, 2.05) is 67.5 Å². The van der Waals surface area contributed by atoms with Gasteiger partial charge in [0.15, 0.2) is 0 Å². The number of nitrogens with zero attached hydrogens (tertiary/aromatic N) is 7. The molecule has 0 radical (unpaired) electrons. The summed E-state index contributed by atoms with van der Waals surface area (Å²) in [7, 11) is 10.1. The lowest BCUT2D eigenvalue weighted by Gasteiger charge is -2.41. The van der Waals surface area contributed by atoms with Crippen LogP contribution in [0.25, 0.3) is 0 Å². The fourth-order valence-electron chi connectivity index (χ4n) is 11.7. The van der Waals surface area contributed by atoms with E-state index < -0.39 is 154 Å². The first kappa shape index (κ1) is 86.2. The highest BCUT2D eigenvalue weighted by Crippen LogP contribution is 2.27. The molecule has 94 heavy (non-hydrogen) atoms. The van der Waals surface area contributed by atoms with Gasteiger partial charge in [0, 0.05) is 61.5 Å². The van der Waals surface area contributed by atoms with E-state index in [0.29, 0.717) is 25.0 Å². The van der Waals surface area contributed by atoms with Gasteiger partial charge in [-0.25, -0.2) is 0 Å². The maximum atomic E-state index is 15.3. The van der Waals surface area contributed by atoms with Crippen LogP contribution in [0.5, 0.6) is 0 Å². The molecule has 0 aromatic carbocycles. The summed E-state index contributed by atoms with van der Waals surface area (Å²) < 4.78 is 0. The van der Waals surface area contributed by atoms with Crippen LogP contribution < -0.4 is 21.3 Å². The molecule has 1 rings (SSSR count). The Morgan fingerprint density at radius 3 is 1.35 bits per heavy atom. The van der Waals surface area contributed by atoms with E-state index in [0.717, 1.165) is 4.90 Å². The van der Waals surface area contributed by atoms with E-state index in [1.165, 1.54) is 118 Å². The molecule has 24 nitrogen and oxygen atoms in total. The predicted octanol–water partition coefficient (Wildman–Crippen LogP) is 5.07. The van der Waals surface area contributed by atoms with Gasteiger partial charge in [-0.05, 0) is 141 Å². The average Bonchev–Trinajstić information content (AvgIpc) is 0.814. The minimum Gasteiger partial charge on any atom is -0.390 e. The highest BCUT2D eigenvalue weighted by molar-refractivity contribution is 7.99. The lowest BCUT2D eigenvalue weighted by molar-refractivity contribution is -0.156. The second-order valence-electron chi connectivity index (χ2n) is 29.6. The average molecular weight is 1350 g/mol. The highest BCUT2D eigenvalue weighted by Gasteiger charge is 2.45. The van der Waals surface area contributed by atoms with Gasteiger partial charge in [-0.15, -0.1) is 0 Å². The van der Waals surface area contributed by atoms with Crippen molar-refractivity contribution in [2.75, 3.05) is 60.8 Å². The predicted molar refractivity (Wildman–Crippen MR) is 370 cm³/mol. The molecule has 25 heteroatoms. The molecule has 11 amide bonds. The molecule has 540 valence electrons. The zero-order valence-electron chi connectivity index (χ0n) is 62.2. The number of allylic oxidation sites excluding steroid dienone is 2. The van der Waals surface area contributed by atoms with Crippen LogP contribution in [-0.2, 0) is 52.7 Å². The van der Waals surface area contributed by atoms with Crippen LogP contribution in [0.15, 0.2) is 12.2 Å². The Bertz CT molecular complexity index is 2570. The van der Waals surface area contributed by atoms with Crippen molar-refractivity contribution in [3.05, 3.63) is 12.2 Å². The van der Waals surface area contributed by atoms with Crippen molar-refractivity contribution in [1.29, 1.82) is 0 Å². The molecule has 12 atom stereocenters. The van der Waals surface area contributed by atoms with E-state index in [2.05, 4.69) is 21.3 Å². The third kappa shape index (κ3) is 26.3. The number of hydrogen-bond donors (Lipinski definition) is 6. The molecule has 1 aliphatic heterocycles. The van der Waals surface area contributed by atoms with Gasteiger partial charge in [-0.1, -0.05) is 95.2 Å². The first-order valence-corrected chi connectivity index (χ1v) is 35.1. The van der Waals surface area contributed by atoms with E-state index in [-0.39, 0.29) is 67.9 Å². The number of carbonyl (C=O) groups excluding carboxylic acids is 11. The second-order valence-corrected chi connectivity index (χ2v) is 30.8. The van der Waals surface area contributed by atoms with Crippen molar-refractivity contribution in [1.82, 2.24) is 55.6 Å². The van der Waals surface area contributed by atoms with E-state index in [4.69, 9.17) is 0 Å². The molecule has 1 fully saturated rings.